The van der Waals surface area contributed by atoms with E-state index in [0.717, 1.165) is 22.6 Å². The molecule has 3 rings (SSSR count). The number of benzene rings is 3. The smallest absolute Gasteiger partial charge is 0.266 e. The fourth-order valence-corrected chi connectivity index (χ4v) is 3.32. The molecule has 0 heterocycles. The van der Waals surface area contributed by atoms with Crippen LogP contribution in [0.1, 0.15) is 15.9 Å². The molecule has 3 aromatic carbocycles. The van der Waals surface area contributed by atoms with Gasteiger partial charge in [-0.3, -0.25) is 9.59 Å². The number of hydrogen-bond donors (Lipinski definition) is 2. The van der Waals surface area contributed by atoms with Crippen LogP contribution in [-0.4, -0.2) is 26.5 Å². The molecule has 0 spiro atoms. The van der Waals surface area contributed by atoms with E-state index in [1.165, 1.54) is 24.3 Å². The van der Waals surface area contributed by atoms with Crippen molar-refractivity contribution in [3.63, 3.8) is 0 Å². The summed E-state index contributed by atoms with van der Waals surface area (Å²) in [5.74, 6) is -1.35. The molecule has 2 amide bonds. The lowest BCUT2D eigenvalue weighted by molar-refractivity contribution is -0.111. The highest BCUT2D eigenvalue weighted by Gasteiger charge is 2.16. The van der Waals surface area contributed by atoms with Crippen LogP contribution < -0.4 is 10.0 Å². The van der Waals surface area contributed by atoms with Crippen molar-refractivity contribution >= 4 is 56.0 Å². The molecule has 148 valence electrons. The van der Waals surface area contributed by atoms with Crippen LogP contribution in [0.25, 0.3) is 16.8 Å². The Kier molecular flexibility index (Phi) is 6.00. The van der Waals surface area contributed by atoms with E-state index in [9.17, 15) is 18.0 Å². The van der Waals surface area contributed by atoms with E-state index >= 15 is 0 Å². The largest absolute Gasteiger partial charge is 0.322 e. The van der Waals surface area contributed by atoms with Crippen molar-refractivity contribution in [3.8, 4) is 0 Å². The molecule has 29 heavy (non-hydrogen) atoms. The predicted octanol–water partition coefficient (Wildman–Crippen LogP) is 3.83. The Morgan fingerprint density at radius 1 is 0.966 bits per heavy atom. The highest BCUT2D eigenvalue weighted by Crippen LogP contribution is 2.22. The minimum absolute atomic E-state index is 0.0210. The summed E-state index contributed by atoms with van der Waals surface area (Å²) in [6, 6.07) is 17.8. The monoisotopic (exact) mass is 428 g/mol. The van der Waals surface area contributed by atoms with Crippen molar-refractivity contribution in [1.29, 1.82) is 0 Å². The Bertz CT molecular complexity index is 1240. The van der Waals surface area contributed by atoms with Gasteiger partial charge in [-0.05, 0) is 46.7 Å². The van der Waals surface area contributed by atoms with Crippen molar-refractivity contribution < 1.29 is 18.0 Å². The van der Waals surface area contributed by atoms with E-state index in [4.69, 9.17) is 11.6 Å². The number of carbonyl (C=O) groups is 2. The standard InChI is InChI=1S/C21H17ClN2O4S/c1-29(27,28)24-21(26)18-10-9-17(22)13-19(18)23-20(25)11-7-14-6-8-15-4-2-3-5-16(15)12-14/h2-13H,1H3,(H,23,25)(H,24,26)/b11-7+. The van der Waals surface area contributed by atoms with Crippen LogP contribution >= 0.6 is 11.6 Å². The van der Waals surface area contributed by atoms with Crippen LogP contribution in [0, 0.1) is 0 Å². The van der Waals surface area contributed by atoms with E-state index in [2.05, 4.69) is 5.32 Å². The van der Waals surface area contributed by atoms with E-state index in [0.29, 0.717) is 0 Å². The van der Waals surface area contributed by atoms with Gasteiger partial charge in [-0.15, -0.1) is 0 Å². The number of hydrogen-bond acceptors (Lipinski definition) is 4. The van der Waals surface area contributed by atoms with E-state index in [-0.39, 0.29) is 16.3 Å². The molecular formula is C21H17ClN2O4S. The van der Waals surface area contributed by atoms with Crippen LogP contribution in [-0.2, 0) is 14.8 Å². The molecule has 0 aliphatic carbocycles. The lowest BCUT2D eigenvalue weighted by Gasteiger charge is -2.10. The average Bonchev–Trinajstić information content (AvgIpc) is 2.65. The molecule has 0 atom stereocenters. The number of halogens is 1. The van der Waals surface area contributed by atoms with Crippen LogP contribution in [0.15, 0.2) is 66.7 Å². The van der Waals surface area contributed by atoms with Crippen molar-refractivity contribution in [3.05, 3.63) is 82.9 Å². The Labute approximate surface area is 173 Å². The zero-order chi connectivity index (χ0) is 21.0. The lowest BCUT2D eigenvalue weighted by atomic mass is 10.1. The topological polar surface area (TPSA) is 92.3 Å². The number of anilines is 1. The van der Waals surface area contributed by atoms with Gasteiger partial charge in [0.1, 0.15) is 0 Å². The number of fused-ring (bicyclic) bond motifs is 1. The number of sulfonamides is 1. The van der Waals surface area contributed by atoms with Crippen molar-refractivity contribution in [2.24, 2.45) is 0 Å². The molecule has 8 heteroatoms. The van der Waals surface area contributed by atoms with Crippen molar-refractivity contribution in [2.45, 2.75) is 0 Å². The second-order valence-corrected chi connectivity index (χ2v) is 8.51. The molecular weight excluding hydrogens is 412 g/mol. The fraction of sp³-hybridized carbons (Fsp3) is 0.0476. The zero-order valence-electron chi connectivity index (χ0n) is 15.3. The third-order valence-electron chi connectivity index (χ3n) is 3.96. The molecule has 0 saturated heterocycles. The first-order chi connectivity index (χ1) is 13.7. The summed E-state index contributed by atoms with van der Waals surface area (Å²) in [5.41, 5.74) is 0.916. The molecule has 0 aliphatic heterocycles. The van der Waals surface area contributed by atoms with Crippen LogP contribution in [0.3, 0.4) is 0 Å². The second-order valence-electron chi connectivity index (χ2n) is 6.32. The summed E-state index contributed by atoms with van der Waals surface area (Å²) >= 11 is 5.95. The third kappa shape index (κ3) is 5.66. The predicted molar refractivity (Wildman–Crippen MR) is 115 cm³/mol. The number of amides is 2. The van der Waals surface area contributed by atoms with Gasteiger partial charge in [0.05, 0.1) is 17.5 Å². The van der Waals surface area contributed by atoms with Gasteiger partial charge in [-0.25, -0.2) is 13.1 Å². The Morgan fingerprint density at radius 2 is 1.69 bits per heavy atom. The van der Waals surface area contributed by atoms with Gasteiger partial charge in [0.25, 0.3) is 5.91 Å². The summed E-state index contributed by atoms with van der Waals surface area (Å²) in [5, 5.41) is 4.98. The van der Waals surface area contributed by atoms with Crippen LogP contribution in [0.5, 0.6) is 0 Å². The molecule has 2 N–H and O–H groups in total. The van der Waals surface area contributed by atoms with E-state index in [1.807, 2.05) is 47.2 Å². The molecule has 0 fully saturated rings. The van der Waals surface area contributed by atoms with E-state index in [1.54, 1.807) is 6.08 Å². The quantitative estimate of drug-likeness (QED) is 0.604. The Morgan fingerprint density at radius 3 is 2.41 bits per heavy atom. The zero-order valence-corrected chi connectivity index (χ0v) is 16.9. The summed E-state index contributed by atoms with van der Waals surface area (Å²) in [6.45, 7) is 0. The molecule has 0 saturated carbocycles. The van der Waals surface area contributed by atoms with Gasteiger partial charge in [0, 0.05) is 11.1 Å². The SMILES string of the molecule is CS(=O)(=O)NC(=O)c1ccc(Cl)cc1NC(=O)/C=C/c1ccc2ccccc2c1. The Hall–Kier alpha value is -3.16. The minimum Gasteiger partial charge on any atom is -0.322 e. The third-order valence-corrected chi connectivity index (χ3v) is 4.75. The first-order valence-corrected chi connectivity index (χ1v) is 10.8. The molecule has 6 nitrogen and oxygen atoms in total. The highest BCUT2D eigenvalue weighted by molar-refractivity contribution is 7.89. The number of carbonyl (C=O) groups excluding carboxylic acids is 2. The first kappa shape index (κ1) is 20.6. The maximum Gasteiger partial charge on any atom is 0.266 e. The second kappa shape index (κ2) is 8.46. The van der Waals surface area contributed by atoms with Gasteiger partial charge < -0.3 is 5.32 Å². The van der Waals surface area contributed by atoms with Gasteiger partial charge in [0.15, 0.2) is 0 Å². The maximum atomic E-state index is 12.3. The number of nitrogens with one attached hydrogen (secondary N) is 2. The van der Waals surface area contributed by atoms with E-state index < -0.39 is 21.8 Å². The number of rotatable bonds is 5. The van der Waals surface area contributed by atoms with Gasteiger partial charge in [0.2, 0.25) is 15.9 Å². The van der Waals surface area contributed by atoms with Crippen molar-refractivity contribution in [1.82, 2.24) is 4.72 Å². The van der Waals surface area contributed by atoms with Crippen LogP contribution in [0.2, 0.25) is 5.02 Å². The summed E-state index contributed by atoms with van der Waals surface area (Å²) in [4.78, 5) is 24.5. The fourth-order valence-electron chi connectivity index (χ4n) is 2.70. The normalized spacial score (nSPS) is 11.5. The summed E-state index contributed by atoms with van der Waals surface area (Å²) in [7, 11) is -3.75. The van der Waals surface area contributed by atoms with Gasteiger partial charge >= 0.3 is 0 Å². The molecule has 0 aliphatic rings. The molecule has 3 aromatic rings. The first-order valence-electron chi connectivity index (χ1n) is 8.51. The average molecular weight is 429 g/mol. The van der Waals surface area contributed by atoms with Gasteiger partial charge in [-0.1, -0.05) is 48.0 Å². The lowest BCUT2D eigenvalue weighted by Crippen LogP contribution is -2.30. The molecule has 0 aromatic heterocycles. The van der Waals surface area contributed by atoms with Crippen molar-refractivity contribution in [2.75, 3.05) is 11.6 Å². The van der Waals surface area contributed by atoms with Crippen LogP contribution in [0.4, 0.5) is 5.69 Å². The Balaban J connectivity index is 1.79. The molecule has 0 unspecified atom stereocenters. The minimum atomic E-state index is -3.75. The highest BCUT2D eigenvalue weighted by atomic mass is 35.5. The molecule has 0 radical (unpaired) electrons. The molecule has 0 bridgehead atoms. The maximum absolute atomic E-state index is 12.3. The summed E-state index contributed by atoms with van der Waals surface area (Å²) < 4.78 is 24.5. The summed E-state index contributed by atoms with van der Waals surface area (Å²) in [6.07, 6.45) is 3.83. The van der Waals surface area contributed by atoms with Gasteiger partial charge in [-0.2, -0.15) is 0 Å².